The largest absolute Gasteiger partial charge is 0.480 e. The molecule has 1 rings (SSSR count). The van der Waals surface area contributed by atoms with Gasteiger partial charge in [-0.1, -0.05) is 19.9 Å². The van der Waals surface area contributed by atoms with Gasteiger partial charge in [0.2, 0.25) is 5.91 Å². The molecule has 16 heavy (non-hydrogen) atoms. The lowest BCUT2D eigenvalue weighted by molar-refractivity contribution is -0.148. The summed E-state index contributed by atoms with van der Waals surface area (Å²) in [6, 6.07) is -0.631. The van der Waals surface area contributed by atoms with Crippen LogP contribution in [-0.4, -0.2) is 34.5 Å². The zero-order valence-corrected chi connectivity index (χ0v) is 9.90. The SMILES string of the molecule is C=CC(C)(C)CC(=O)N1CCCC1C(=O)O. The number of amides is 1. The fourth-order valence-corrected chi connectivity index (χ4v) is 1.89. The second-order valence-electron chi connectivity index (χ2n) is 4.95. The summed E-state index contributed by atoms with van der Waals surface area (Å²) in [5.41, 5.74) is -0.275. The van der Waals surface area contributed by atoms with Crippen LogP contribution in [0.1, 0.15) is 33.1 Å². The van der Waals surface area contributed by atoms with Gasteiger partial charge in [0.1, 0.15) is 6.04 Å². The first kappa shape index (κ1) is 12.7. The number of allylic oxidation sites excluding steroid dienone is 1. The summed E-state index contributed by atoms with van der Waals surface area (Å²) in [5.74, 6) is -0.989. The summed E-state index contributed by atoms with van der Waals surface area (Å²) in [6.07, 6.45) is 3.39. The number of carbonyl (C=O) groups is 2. The molecule has 4 nitrogen and oxygen atoms in total. The normalized spacial score (nSPS) is 20.9. The lowest BCUT2D eigenvalue weighted by Crippen LogP contribution is -2.41. The molecule has 1 fully saturated rings. The summed E-state index contributed by atoms with van der Waals surface area (Å²) in [5, 5.41) is 8.97. The lowest BCUT2D eigenvalue weighted by Gasteiger charge is -2.26. The molecule has 1 saturated heterocycles. The highest BCUT2D eigenvalue weighted by molar-refractivity contribution is 5.84. The minimum absolute atomic E-state index is 0.0881. The molecule has 90 valence electrons. The van der Waals surface area contributed by atoms with Crippen LogP contribution in [0, 0.1) is 5.41 Å². The summed E-state index contributed by atoms with van der Waals surface area (Å²) in [7, 11) is 0. The molecule has 1 heterocycles. The number of likely N-dealkylation sites (tertiary alicyclic amines) is 1. The van der Waals surface area contributed by atoms with E-state index < -0.39 is 12.0 Å². The van der Waals surface area contributed by atoms with E-state index in [0.29, 0.717) is 19.4 Å². The second-order valence-corrected chi connectivity index (χ2v) is 4.95. The van der Waals surface area contributed by atoms with Crippen molar-refractivity contribution in [2.45, 2.75) is 39.2 Å². The molecule has 1 aliphatic heterocycles. The van der Waals surface area contributed by atoms with Crippen LogP contribution in [0.4, 0.5) is 0 Å². The monoisotopic (exact) mass is 225 g/mol. The van der Waals surface area contributed by atoms with Crippen molar-refractivity contribution < 1.29 is 14.7 Å². The smallest absolute Gasteiger partial charge is 0.326 e. The van der Waals surface area contributed by atoms with Gasteiger partial charge in [0.25, 0.3) is 0 Å². The average molecular weight is 225 g/mol. The average Bonchev–Trinajstić information content (AvgIpc) is 2.65. The topological polar surface area (TPSA) is 57.6 Å². The Morgan fingerprint density at radius 2 is 2.19 bits per heavy atom. The number of carbonyl (C=O) groups excluding carboxylic acids is 1. The molecule has 0 aliphatic carbocycles. The predicted molar refractivity (Wildman–Crippen MR) is 61.0 cm³/mol. The van der Waals surface area contributed by atoms with Crippen molar-refractivity contribution in [1.29, 1.82) is 0 Å². The number of hydrogen-bond donors (Lipinski definition) is 1. The third-order valence-electron chi connectivity index (χ3n) is 3.02. The van der Waals surface area contributed by atoms with E-state index in [1.165, 1.54) is 4.90 Å². The Labute approximate surface area is 95.9 Å². The maximum atomic E-state index is 11.9. The Balaban J connectivity index is 2.67. The van der Waals surface area contributed by atoms with Crippen LogP contribution < -0.4 is 0 Å². The van der Waals surface area contributed by atoms with Crippen LogP contribution in [0.15, 0.2) is 12.7 Å². The Bertz CT molecular complexity index is 309. The van der Waals surface area contributed by atoms with Gasteiger partial charge in [-0.15, -0.1) is 6.58 Å². The van der Waals surface area contributed by atoms with Crippen LogP contribution in [0.5, 0.6) is 0 Å². The standard InChI is InChI=1S/C12H19NO3/c1-4-12(2,3)8-10(14)13-7-5-6-9(13)11(15)16/h4,9H,1,5-8H2,2-3H3,(H,15,16). The summed E-state index contributed by atoms with van der Waals surface area (Å²) in [4.78, 5) is 24.4. The fourth-order valence-electron chi connectivity index (χ4n) is 1.89. The van der Waals surface area contributed by atoms with Crippen molar-refractivity contribution in [3.05, 3.63) is 12.7 Å². The molecular weight excluding hydrogens is 206 g/mol. The van der Waals surface area contributed by atoms with Crippen molar-refractivity contribution in [1.82, 2.24) is 4.90 Å². The Morgan fingerprint density at radius 1 is 1.56 bits per heavy atom. The fraction of sp³-hybridized carbons (Fsp3) is 0.667. The van der Waals surface area contributed by atoms with Gasteiger partial charge in [-0.05, 0) is 18.3 Å². The van der Waals surface area contributed by atoms with Crippen molar-refractivity contribution >= 4 is 11.9 Å². The molecule has 1 aliphatic rings. The lowest BCUT2D eigenvalue weighted by atomic mass is 9.89. The predicted octanol–water partition coefficient (Wildman–Crippen LogP) is 1.66. The number of rotatable bonds is 4. The molecule has 1 atom stereocenters. The molecule has 0 saturated carbocycles. The minimum atomic E-state index is -0.901. The van der Waals surface area contributed by atoms with Crippen molar-refractivity contribution in [3.63, 3.8) is 0 Å². The van der Waals surface area contributed by atoms with E-state index in [1.807, 2.05) is 13.8 Å². The highest BCUT2D eigenvalue weighted by Gasteiger charge is 2.35. The molecule has 1 unspecified atom stereocenters. The first-order valence-corrected chi connectivity index (χ1v) is 5.53. The van der Waals surface area contributed by atoms with Gasteiger partial charge in [-0.3, -0.25) is 4.79 Å². The van der Waals surface area contributed by atoms with E-state index in [-0.39, 0.29) is 11.3 Å². The van der Waals surface area contributed by atoms with Crippen molar-refractivity contribution in [3.8, 4) is 0 Å². The van der Waals surface area contributed by atoms with E-state index in [2.05, 4.69) is 6.58 Å². The third-order valence-corrected chi connectivity index (χ3v) is 3.02. The van der Waals surface area contributed by atoms with E-state index in [4.69, 9.17) is 5.11 Å². The van der Waals surface area contributed by atoms with Gasteiger partial charge < -0.3 is 10.0 Å². The first-order chi connectivity index (χ1) is 7.37. The quantitative estimate of drug-likeness (QED) is 0.740. The molecular formula is C12H19NO3. The second kappa shape index (κ2) is 4.68. The van der Waals surface area contributed by atoms with Crippen LogP contribution in [-0.2, 0) is 9.59 Å². The van der Waals surface area contributed by atoms with E-state index in [1.54, 1.807) is 6.08 Å². The van der Waals surface area contributed by atoms with E-state index >= 15 is 0 Å². The van der Waals surface area contributed by atoms with E-state index in [0.717, 1.165) is 6.42 Å². The number of nitrogens with zero attached hydrogens (tertiary/aromatic N) is 1. The highest BCUT2D eigenvalue weighted by atomic mass is 16.4. The van der Waals surface area contributed by atoms with Gasteiger partial charge in [0, 0.05) is 13.0 Å². The maximum Gasteiger partial charge on any atom is 0.326 e. The Kier molecular flexibility index (Phi) is 3.73. The molecule has 0 aromatic heterocycles. The van der Waals surface area contributed by atoms with Crippen LogP contribution in [0.3, 0.4) is 0 Å². The summed E-state index contributed by atoms with van der Waals surface area (Å²) in [6.45, 7) is 8.08. The number of aliphatic carboxylic acids is 1. The third kappa shape index (κ3) is 2.84. The molecule has 0 spiro atoms. The van der Waals surface area contributed by atoms with Gasteiger partial charge >= 0.3 is 5.97 Å². The van der Waals surface area contributed by atoms with Crippen LogP contribution >= 0.6 is 0 Å². The maximum absolute atomic E-state index is 11.9. The molecule has 0 bridgehead atoms. The number of carboxylic acid groups (broad SMARTS) is 1. The van der Waals surface area contributed by atoms with Gasteiger partial charge in [-0.2, -0.15) is 0 Å². The zero-order valence-electron chi connectivity index (χ0n) is 9.90. The summed E-state index contributed by atoms with van der Waals surface area (Å²) < 4.78 is 0. The molecule has 1 N–H and O–H groups in total. The van der Waals surface area contributed by atoms with Crippen molar-refractivity contribution in [2.75, 3.05) is 6.54 Å². The molecule has 1 amide bonds. The molecule has 0 aromatic carbocycles. The van der Waals surface area contributed by atoms with Crippen molar-refractivity contribution in [2.24, 2.45) is 5.41 Å². The van der Waals surface area contributed by atoms with Gasteiger partial charge in [0.15, 0.2) is 0 Å². The highest BCUT2D eigenvalue weighted by Crippen LogP contribution is 2.26. The molecule has 0 aromatic rings. The van der Waals surface area contributed by atoms with Gasteiger partial charge in [0.05, 0.1) is 0 Å². The van der Waals surface area contributed by atoms with E-state index in [9.17, 15) is 9.59 Å². The zero-order chi connectivity index (χ0) is 12.3. The number of hydrogen-bond acceptors (Lipinski definition) is 2. The number of carboxylic acids is 1. The minimum Gasteiger partial charge on any atom is -0.480 e. The van der Waals surface area contributed by atoms with Crippen LogP contribution in [0.2, 0.25) is 0 Å². The summed E-state index contributed by atoms with van der Waals surface area (Å²) >= 11 is 0. The molecule has 0 radical (unpaired) electrons. The van der Waals surface area contributed by atoms with Crippen LogP contribution in [0.25, 0.3) is 0 Å². The first-order valence-electron chi connectivity index (χ1n) is 5.53. The Hall–Kier alpha value is -1.32. The molecule has 4 heteroatoms. The van der Waals surface area contributed by atoms with Gasteiger partial charge in [-0.25, -0.2) is 4.79 Å². The Morgan fingerprint density at radius 3 is 2.69 bits per heavy atom.